The lowest BCUT2D eigenvalue weighted by molar-refractivity contribution is 0.0949. The topological polar surface area (TPSA) is 88.2 Å². The fourth-order valence-electron chi connectivity index (χ4n) is 1.80. The van der Waals surface area contributed by atoms with Crippen molar-refractivity contribution >= 4 is 5.91 Å². The molecule has 0 saturated carbocycles. The summed E-state index contributed by atoms with van der Waals surface area (Å²) in [5.41, 5.74) is 2.10. The normalized spacial score (nSPS) is 9.86. The molecule has 0 atom stereocenters. The van der Waals surface area contributed by atoms with Gasteiger partial charge >= 0.3 is 0 Å². The zero-order valence-corrected chi connectivity index (χ0v) is 11.8. The molecule has 1 amide bonds. The Labute approximate surface area is 122 Å². The number of aromatic nitrogens is 2. The predicted molar refractivity (Wildman–Crippen MR) is 75.3 cm³/mol. The van der Waals surface area contributed by atoms with Crippen LogP contribution in [0.1, 0.15) is 33.2 Å². The minimum atomic E-state index is -0.242. The van der Waals surface area contributed by atoms with Crippen LogP contribution in [0.5, 0.6) is 0 Å². The standard InChI is InChI=1S/C15H15N3O3/c1-10-6-12(4-3-5-19)8-13(7-10)15(20)16-9-14-17-11(2)21-18-14/h6-8,19H,5,9H2,1-2H3,(H,16,20). The molecule has 0 bridgehead atoms. The lowest BCUT2D eigenvalue weighted by Crippen LogP contribution is -2.23. The Bertz CT molecular complexity index is 710. The van der Waals surface area contributed by atoms with Gasteiger partial charge in [0.05, 0.1) is 6.54 Å². The molecule has 1 heterocycles. The van der Waals surface area contributed by atoms with Crippen LogP contribution in [-0.4, -0.2) is 27.8 Å². The third-order valence-corrected chi connectivity index (χ3v) is 2.63. The van der Waals surface area contributed by atoms with Crippen molar-refractivity contribution in [2.75, 3.05) is 6.61 Å². The summed E-state index contributed by atoms with van der Waals surface area (Å²) >= 11 is 0. The van der Waals surface area contributed by atoms with E-state index in [9.17, 15) is 4.79 Å². The third-order valence-electron chi connectivity index (χ3n) is 2.63. The maximum atomic E-state index is 12.1. The number of aliphatic hydroxyl groups is 1. The van der Waals surface area contributed by atoms with Crippen LogP contribution in [0.2, 0.25) is 0 Å². The Morgan fingerprint density at radius 2 is 2.19 bits per heavy atom. The van der Waals surface area contributed by atoms with E-state index in [4.69, 9.17) is 9.63 Å². The van der Waals surface area contributed by atoms with Gasteiger partial charge in [-0.3, -0.25) is 4.79 Å². The number of amides is 1. The van der Waals surface area contributed by atoms with Gasteiger partial charge in [-0.25, -0.2) is 0 Å². The highest BCUT2D eigenvalue weighted by Crippen LogP contribution is 2.09. The van der Waals surface area contributed by atoms with Gasteiger partial charge in [-0.1, -0.05) is 17.0 Å². The van der Waals surface area contributed by atoms with Crippen molar-refractivity contribution in [3.05, 3.63) is 46.6 Å². The molecule has 0 aliphatic rings. The SMILES string of the molecule is Cc1cc(C#CCO)cc(C(=O)NCc2noc(C)n2)c1. The molecule has 2 N–H and O–H groups in total. The number of benzene rings is 1. The van der Waals surface area contributed by atoms with Crippen molar-refractivity contribution in [1.29, 1.82) is 0 Å². The van der Waals surface area contributed by atoms with Crippen LogP contribution in [-0.2, 0) is 6.54 Å². The number of carbonyl (C=O) groups is 1. The van der Waals surface area contributed by atoms with Gasteiger partial charge in [-0.05, 0) is 30.7 Å². The van der Waals surface area contributed by atoms with Crippen molar-refractivity contribution in [3.63, 3.8) is 0 Å². The largest absolute Gasteiger partial charge is 0.384 e. The molecular formula is C15H15N3O3. The average molecular weight is 285 g/mol. The smallest absolute Gasteiger partial charge is 0.251 e. The van der Waals surface area contributed by atoms with Gasteiger partial charge in [-0.15, -0.1) is 0 Å². The van der Waals surface area contributed by atoms with E-state index in [2.05, 4.69) is 27.3 Å². The molecule has 1 aromatic heterocycles. The number of hydrogen-bond donors (Lipinski definition) is 2. The number of nitrogens with one attached hydrogen (secondary N) is 1. The van der Waals surface area contributed by atoms with E-state index in [1.807, 2.05) is 13.0 Å². The molecule has 1 aromatic carbocycles. The highest BCUT2D eigenvalue weighted by Gasteiger charge is 2.09. The summed E-state index contributed by atoms with van der Waals surface area (Å²) in [7, 11) is 0. The van der Waals surface area contributed by atoms with E-state index in [0.29, 0.717) is 22.8 Å². The summed E-state index contributed by atoms with van der Waals surface area (Å²) in [5, 5.41) is 15.1. The molecule has 0 fully saturated rings. The fraction of sp³-hybridized carbons (Fsp3) is 0.267. The van der Waals surface area contributed by atoms with Crippen LogP contribution in [0.3, 0.4) is 0 Å². The van der Waals surface area contributed by atoms with E-state index in [1.165, 1.54) is 0 Å². The van der Waals surface area contributed by atoms with Gasteiger partial charge in [0.25, 0.3) is 5.91 Å². The average Bonchev–Trinajstić information content (AvgIpc) is 2.87. The van der Waals surface area contributed by atoms with Crippen LogP contribution >= 0.6 is 0 Å². The third kappa shape index (κ3) is 4.16. The Morgan fingerprint density at radius 3 is 2.86 bits per heavy atom. The van der Waals surface area contributed by atoms with Crippen LogP contribution in [0.25, 0.3) is 0 Å². The molecule has 0 saturated heterocycles. The molecule has 0 radical (unpaired) electrons. The summed E-state index contributed by atoms with van der Waals surface area (Å²) in [6, 6.07) is 5.29. The van der Waals surface area contributed by atoms with Crippen molar-refractivity contribution in [3.8, 4) is 11.8 Å². The molecule has 0 unspecified atom stereocenters. The first-order valence-electron chi connectivity index (χ1n) is 6.37. The molecule has 108 valence electrons. The molecule has 0 spiro atoms. The van der Waals surface area contributed by atoms with E-state index >= 15 is 0 Å². The Balaban J connectivity index is 2.09. The lowest BCUT2D eigenvalue weighted by atomic mass is 10.1. The van der Waals surface area contributed by atoms with Gasteiger partial charge in [0.1, 0.15) is 6.61 Å². The van der Waals surface area contributed by atoms with E-state index in [-0.39, 0.29) is 19.1 Å². The molecule has 6 nitrogen and oxygen atoms in total. The van der Waals surface area contributed by atoms with Crippen LogP contribution in [0.4, 0.5) is 0 Å². The van der Waals surface area contributed by atoms with E-state index < -0.39 is 0 Å². The number of hydrogen-bond acceptors (Lipinski definition) is 5. The molecule has 0 aliphatic carbocycles. The molecular weight excluding hydrogens is 270 g/mol. The van der Waals surface area contributed by atoms with Gasteiger partial charge in [0.15, 0.2) is 5.82 Å². The van der Waals surface area contributed by atoms with Crippen molar-refractivity contribution < 1.29 is 14.4 Å². The zero-order valence-electron chi connectivity index (χ0n) is 11.8. The molecule has 21 heavy (non-hydrogen) atoms. The van der Waals surface area contributed by atoms with E-state index in [0.717, 1.165) is 5.56 Å². The first-order chi connectivity index (χ1) is 10.1. The Hall–Kier alpha value is -2.65. The van der Waals surface area contributed by atoms with Gasteiger partial charge in [0, 0.05) is 18.1 Å². The maximum absolute atomic E-state index is 12.1. The Morgan fingerprint density at radius 1 is 1.38 bits per heavy atom. The molecule has 6 heteroatoms. The zero-order chi connectivity index (χ0) is 15.2. The lowest BCUT2D eigenvalue weighted by Gasteiger charge is -2.05. The minimum absolute atomic E-state index is 0.196. The van der Waals surface area contributed by atoms with Crippen LogP contribution < -0.4 is 5.32 Å². The number of rotatable bonds is 3. The fourth-order valence-corrected chi connectivity index (χ4v) is 1.80. The monoisotopic (exact) mass is 285 g/mol. The number of aryl methyl sites for hydroxylation is 2. The summed E-state index contributed by atoms with van der Waals surface area (Å²) in [4.78, 5) is 16.1. The van der Waals surface area contributed by atoms with Gasteiger partial charge in [0.2, 0.25) is 5.89 Å². The summed E-state index contributed by atoms with van der Waals surface area (Å²) < 4.78 is 4.83. The summed E-state index contributed by atoms with van der Waals surface area (Å²) in [5.74, 6) is 5.99. The highest BCUT2D eigenvalue weighted by molar-refractivity contribution is 5.94. The number of nitrogens with zero attached hydrogens (tertiary/aromatic N) is 2. The number of carbonyl (C=O) groups excluding carboxylic acids is 1. The molecule has 2 aromatic rings. The second-order valence-corrected chi connectivity index (χ2v) is 4.46. The Kier molecular flexibility index (Phi) is 4.69. The summed E-state index contributed by atoms with van der Waals surface area (Å²) in [6.45, 7) is 3.54. The molecule has 2 rings (SSSR count). The first-order valence-corrected chi connectivity index (χ1v) is 6.37. The van der Waals surface area contributed by atoms with Crippen LogP contribution in [0.15, 0.2) is 22.7 Å². The van der Waals surface area contributed by atoms with Gasteiger partial charge in [-0.2, -0.15) is 4.98 Å². The van der Waals surface area contributed by atoms with Crippen LogP contribution in [0, 0.1) is 25.7 Å². The van der Waals surface area contributed by atoms with Crippen molar-refractivity contribution in [2.24, 2.45) is 0 Å². The second-order valence-electron chi connectivity index (χ2n) is 4.46. The maximum Gasteiger partial charge on any atom is 0.251 e. The van der Waals surface area contributed by atoms with Crippen molar-refractivity contribution in [1.82, 2.24) is 15.5 Å². The predicted octanol–water partition coefficient (Wildman–Crippen LogP) is 0.960. The number of aliphatic hydroxyl groups excluding tert-OH is 1. The molecule has 0 aliphatic heterocycles. The highest BCUT2D eigenvalue weighted by atomic mass is 16.5. The summed E-state index contributed by atoms with van der Waals surface area (Å²) in [6.07, 6.45) is 0. The minimum Gasteiger partial charge on any atom is -0.384 e. The second kappa shape index (κ2) is 6.68. The van der Waals surface area contributed by atoms with Gasteiger partial charge < -0.3 is 14.9 Å². The quantitative estimate of drug-likeness (QED) is 0.820. The van der Waals surface area contributed by atoms with E-state index in [1.54, 1.807) is 19.1 Å². The first kappa shape index (κ1) is 14.8. The van der Waals surface area contributed by atoms with Crippen molar-refractivity contribution in [2.45, 2.75) is 20.4 Å².